The summed E-state index contributed by atoms with van der Waals surface area (Å²) in [5.74, 6) is 1.50. The number of hydrogen-bond donors (Lipinski definition) is 0. The van der Waals surface area contributed by atoms with E-state index in [4.69, 9.17) is 16.3 Å². The molecule has 13 heavy (non-hydrogen) atoms. The van der Waals surface area contributed by atoms with Crippen LogP contribution in [0.2, 0.25) is 0 Å². The summed E-state index contributed by atoms with van der Waals surface area (Å²) in [6.45, 7) is 0.345. The third-order valence-corrected chi connectivity index (χ3v) is 3.06. The van der Waals surface area contributed by atoms with Crippen molar-refractivity contribution >= 4 is 17.6 Å². The van der Waals surface area contributed by atoms with E-state index < -0.39 is 0 Å². The third-order valence-electron chi connectivity index (χ3n) is 2.90. The lowest BCUT2D eigenvalue weighted by Gasteiger charge is -2.15. The fourth-order valence-corrected chi connectivity index (χ4v) is 2.38. The predicted molar refractivity (Wildman–Crippen MR) is 50.5 cm³/mol. The molecule has 0 radical (unpaired) electrons. The van der Waals surface area contributed by atoms with E-state index in [1.807, 2.05) is 0 Å². The zero-order valence-electron chi connectivity index (χ0n) is 7.41. The van der Waals surface area contributed by atoms with Crippen molar-refractivity contribution in [2.24, 2.45) is 17.8 Å². The number of hydrogen-bond acceptors (Lipinski definition) is 2. The maximum atomic E-state index is 11.5. The van der Waals surface area contributed by atoms with E-state index in [2.05, 4.69) is 12.2 Å². The molecule has 3 heteroatoms. The average Bonchev–Trinajstić information content (AvgIpc) is 2.74. The number of halogens is 1. The van der Waals surface area contributed by atoms with Crippen LogP contribution < -0.4 is 0 Å². The molecule has 0 aliphatic heterocycles. The lowest BCUT2D eigenvalue weighted by Crippen LogP contribution is -2.22. The molecule has 1 fully saturated rings. The van der Waals surface area contributed by atoms with Crippen LogP contribution in [0.15, 0.2) is 12.2 Å². The standard InChI is InChI=1S/C10H13ClO2/c11-3-4-13-10(12)9-6-7-1-2-8(9)5-7/h1-2,7-9H,3-6H2/t7-,8+,9+/m0/s1. The summed E-state index contributed by atoms with van der Waals surface area (Å²) in [5, 5.41) is 0. The summed E-state index contributed by atoms with van der Waals surface area (Å²) < 4.78 is 5.02. The summed E-state index contributed by atoms with van der Waals surface area (Å²) in [4.78, 5) is 11.5. The van der Waals surface area contributed by atoms with Gasteiger partial charge in [0.25, 0.3) is 0 Å². The Labute approximate surface area is 82.9 Å². The highest BCUT2D eigenvalue weighted by Gasteiger charge is 2.40. The van der Waals surface area contributed by atoms with Crippen LogP contribution in [0.3, 0.4) is 0 Å². The first-order valence-electron chi connectivity index (χ1n) is 4.72. The van der Waals surface area contributed by atoms with Crippen LogP contribution in [-0.2, 0) is 9.53 Å². The quantitative estimate of drug-likeness (QED) is 0.396. The molecule has 0 aromatic carbocycles. The first-order chi connectivity index (χ1) is 6.31. The average molecular weight is 201 g/mol. The molecule has 0 amide bonds. The van der Waals surface area contributed by atoms with Gasteiger partial charge in [-0.3, -0.25) is 4.79 Å². The van der Waals surface area contributed by atoms with Crippen molar-refractivity contribution in [3.05, 3.63) is 12.2 Å². The Morgan fingerprint density at radius 2 is 2.31 bits per heavy atom. The number of carbonyl (C=O) groups is 1. The van der Waals surface area contributed by atoms with Gasteiger partial charge in [-0.1, -0.05) is 12.2 Å². The Balaban J connectivity index is 1.88. The van der Waals surface area contributed by atoms with Gasteiger partial charge in [0.2, 0.25) is 0 Å². The van der Waals surface area contributed by atoms with Crippen LogP contribution in [0, 0.1) is 17.8 Å². The van der Waals surface area contributed by atoms with Crippen molar-refractivity contribution in [2.45, 2.75) is 12.8 Å². The van der Waals surface area contributed by atoms with Crippen LogP contribution in [0.5, 0.6) is 0 Å². The first kappa shape index (κ1) is 9.07. The maximum Gasteiger partial charge on any atom is 0.309 e. The molecule has 3 atom stereocenters. The van der Waals surface area contributed by atoms with Gasteiger partial charge in [0, 0.05) is 0 Å². The summed E-state index contributed by atoms with van der Waals surface area (Å²) in [5.41, 5.74) is 0. The van der Waals surface area contributed by atoms with Gasteiger partial charge in [-0.05, 0) is 24.7 Å². The van der Waals surface area contributed by atoms with Crippen LogP contribution in [-0.4, -0.2) is 18.5 Å². The largest absolute Gasteiger partial charge is 0.464 e. The SMILES string of the molecule is O=C(OCCCl)[C@@H]1C[C@H]2C=C[C@@H]1C2. The van der Waals surface area contributed by atoms with Gasteiger partial charge in [-0.25, -0.2) is 0 Å². The van der Waals surface area contributed by atoms with E-state index in [0.29, 0.717) is 24.3 Å². The number of fused-ring (bicyclic) bond motifs is 2. The number of allylic oxidation sites excluding steroid dienone is 2. The molecule has 0 aromatic heterocycles. The van der Waals surface area contributed by atoms with Gasteiger partial charge in [0.05, 0.1) is 11.8 Å². The lowest BCUT2D eigenvalue weighted by molar-refractivity contribution is -0.148. The Morgan fingerprint density at radius 3 is 2.85 bits per heavy atom. The molecule has 2 aliphatic carbocycles. The van der Waals surface area contributed by atoms with E-state index in [0.717, 1.165) is 12.8 Å². The highest BCUT2D eigenvalue weighted by Crippen LogP contribution is 2.43. The summed E-state index contributed by atoms with van der Waals surface area (Å²) in [6, 6.07) is 0. The Hall–Kier alpha value is -0.500. The van der Waals surface area contributed by atoms with E-state index in [9.17, 15) is 4.79 Å². The third kappa shape index (κ3) is 1.73. The maximum absolute atomic E-state index is 11.5. The summed E-state index contributed by atoms with van der Waals surface area (Å²) >= 11 is 5.44. The van der Waals surface area contributed by atoms with E-state index in [-0.39, 0.29) is 11.9 Å². The first-order valence-corrected chi connectivity index (χ1v) is 5.25. The van der Waals surface area contributed by atoms with Crippen LogP contribution in [0.25, 0.3) is 0 Å². The fraction of sp³-hybridized carbons (Fsp3) is 0.700. The topological polar surface area (TPSA) is 26.3 Å². The fourth-order valence-electron chi connectivity index (χ4n) is 2.30. The molecular formula is C10H13ClO2. The molecule has 72 valence electrons. The molecule has 2 bridgehead atoms. The molecule has 2 rings (SSSR count). The lowest BCUT2D eigenvalue weighted by atomic mass is 9.94. The van der Waals surface area contributed by atoms with Gasteiger partial charge < -0.3 is 4.74 Å². The Bertz CT molecular complexity index is 237. The smallest absolute Gasteiger partial charge is 0.309 e. The molecule has 2 aliphatic rings. The molecule has 0 aromatic rings. The van der Waals surface area contributed by atoms with E-state index in [1.54, 1.807) is 0 Å². The second-order valence-corrected chi connectivity index (χ2v) is 4.12. The number of esters is 1. The monoisotopic (exact) mass is 200 g/mol. The van der Waals surface area contributed by atoms with Crippen molar-refractivity contribution < 1.29 is 9.53 Å². The molecule has 0 saturated heterocycles. The second kappa shape index (κ2) is 3.70. The molecule has 2 nitrogen and oxygen atoms in total. The molecular weight excluding hydrogens is 188 g/mol. The number of carbonyl (C=O) groups excluding carboxylic acids is 1. The minimum atomic E-state index is -0.0579. The predicted octanol–water partition coefficient (Wildman–Crippen LogP) is 1.98. The van der Waals surface area contributed by atoms with Crippen LogP contribution >= 0.6 is 11.6 Å². The molecule has 0 N–H and O–H groups in total. The van der Waals surface area contributed by atoms with Crippen LogP contribution in [0.4, 0.5) is 0 Å². The number of alkyl halides is 1. The second-order valence-electron chi connectivity index (χ2n) is 3.74. The number of ether oxygens (including phenoxy) is 1. The Morgan fingerprint density at radius 1 is 1.46 bits per heavy atom. The van der Waals surface area contributed by atoms with Crippen molar-refractivity contribution in [1.82, 2.24) is 0 Å². The summed E-state index contributed by atoms with van der Waals surface area (Å²) in [7, 11) is 0. The minimum Gasteiger partial charge on any atom is -0.464 e. The van der Waals surface area contributed by atoms with Crippen molar-refractivity contribution in [3.8, 4) is 0 Å². The van der Waals surface area contributed by atoms with Crippen molar-refractivity contribution in [3.63, 3.8) is 0 Å². The highest BCUT2D eigenvalue weighted by atomic mass is 35.5. The molecule has 0 heterocycles. The van der Waals surface area contributed by atoms with Crippen LogP contribution in [0.1, 0.15) is 12.8 Å². The molecule has 1 saturated carbocycles. The summed E-state index contributed by atoms with van der Waals surface area (Å²) in [6.07, 6.45) is 6.49. The van der Waals surface area contributed by atoms with Crippen molar-refractivity contribution in [2.75, 3.05) is 12.5 Å². The van der Waals surface area contributed by atoms with E-state index in [1.165, 1.54) is 0 Å². The normalized spacial score (nSPS) is 35.3. The van der Waals surface area contributed by atoms with E-state index >= 15 is 0 Å². The van der Waals surface area contributed by atoms with Crippen molar-refractivity contribution in [1.29, 1.82) is 0 Å². The van der Waals surface area contributed by atoms with Gasteiger partial charge >= 0.3 is 5.97 Å². The molecule has 0 unspecified atom stereocenters. The number of rotatable bonds is 3. The van der Waals surface area contributed by atoms with Gasteiger partial charge in [-0.15, -0.1) is 11.6 Å². The minimum absolute atomic E-state index is 0.0579. The van der Waals surface area contributed by atoms with Gasteiger partial charge in [0.15, 0.2) is 0 Å². The zero-order valence-corrected chi connectivity index (χ0v) is 8.17. The highest BCUT2D eigenvalue weighted by molar-refractivity contribution is 6.18. The Kier molecular flexibility index (Phi) is 2.58. The van der Waals surface area contributed by atoms with Gasteiger partial charge in [-0.2, -0.15) is 0 Å². The molecule has 0 spiro atoms. The van der Waals surface area contributed by atoms with Gasteiger partial charge in [0.1, 0.15) is 6.61 Å². The zero-order chi connectivity index (χ0) is 9.26.